The van der Waals surface area contributed by atoms with E-state index in [2.05, 4.69) is 5.32 Å². The molecule has 0 fully saturated rings. The van der Waals surface area contributed by atoms with Gasteiger partial charge in [-0.1, -0.05) is 12.1 Å². The maximum Gasteiger partial charge on any atom is 0.224 e. The normalized spacial score (nSPS) is 13.8. The summed E-state index contributed by atoms with van der Waals surface area (Å²) in [5, 5.41) is 2.79. The van der Waals surface area contributed by atoms with Crippen LogP contribution in [0.25, 0.3) is 0 Å². The molecule has 0 bridgehead atoms. The van der Waals surface area contributed by atoms with Gasteiger partial charge in [-0.2, -0.15) is 4.31 Å². The number of sulfonamides is 1. The number of hydrogen-bond acceptors (Lipinski definition) is 6. The van der Waals surface area contributed by atoms with Gasteiger partial charge >= 0.3 is 0 Å². The molecule has 0 atom stereocenters. The molecule has 3 rings (SSSR count). The Morgan fingerprint density at radius 3 is 2.50 bits per heavy atom. The molecule has 2 aromatic rings. The van der Waals surface area contributed by atoms with Crippen LogP contribution in [0.2, 0.25) is 0 Å². The van der Waals surface area contributed by atoms with Crippen molar-refractivity contribution in [1.29, 1.82) is 0 Å². The first-order valence-electron chi connectivity index (χ1n) is 10.5. The summed E-state index contributed by atoms with van der Waals surface area (Å²) < 4.78 is 42.7. The Balaban J connectivity index is 1.46. The van der Waals surface area contributed by atoms with E-state index in [-0.39, 0.29) is 18.1 Å². The molecule has 0 spiro atoms. The lowest BCUT2D eigenvalue weighted by atomic mass is 10.0. The third-order valence-corrected chi connectivity index (χ3v) is 7.40. The summed E-state index contributed by atoms with van der Waals surface area (Å²) in [4.78, 5) is 12.2. The number of nitrogens with zero attached hydrogens (tertiary/aromatic N) is 1. The van der Waals surface area contributed by atoms with Crippen molar-refractivity contribution in [2.45, 2.75) is 25.8 Å². The van der Waals surface area contributed by atoms with Crippen LogP contribution < -0.4 is 19.5 Å². The lowest BCUT2D eigenvalue weighted by Gasteiger charge is -2.28. The minimum Gasteiger partial charge on any atom is -0.497 e. The van der Waals surface area contributed by atoms with E-state index in [1.165, 1.54) is 4.31 Å². The van der Waals surface area contributed by atoms with Crippen molar-refractivity contribution >= 4 is 15.9 Å². The molecule has 1 aliphatic heterocycles. The van der Waals surface area contributed by atoms with Gasteiger partial charge in [0.15, 0.2) is 11.5 Å². The van der Waals surface area contributed by atoms with Crippen LogP contribution in [0, 0.1) is 0 Å². The Morgan fingerprint density at radius 2 is 1.78 bits per heavy atom. The number of nitrogens with one attached hydrogen (secondary N) is 1. The molecular weight excluding hydrogens is 432 g/mol. The molecule has 0 saturated heterocycles. The molecule has 1 amide bonds. The fourth-order valence-electron chi connectivity index (χ4n) is 3.72. The number of amides is 1. The highest BCUT2D eigenvalue weighted by atomic mass is 32.2. The summed E-state index contributed by atoms with van der Waals surface area (Å²) in [5.74, 6) is 1.76. The highest BCUT2D eigenvalue weighted by Crippen LogP contribution is 2.28. The fraction of sp³-hybridized carbons (Fsp3) is 0.435. The summed E-state index contributed by atoms with van der Waals surface area (Å²) in [6.45, 7) is 1.12. The van der Waals surface area contributed by atoms with Crippen molar-refractivity contribution < 1.29 is 27.4 Å². The molecule has 1 aliphatic rings. The van der Waals surface area contributed by atoms with E-state index in [4.69, 9.17) is 14.2 Å². The van der Waals surface area contributed by atoms with Crippen LogP contribution in [0.1, 0.15) is 23.1 Å². The van der Waals surface area contributed by atoms with Crippen molar-refractivity contribution in [2.75, 3.05) is 40.2 Å². The molecule has 1 N–H and O–H groups in total. The van der Waals surface area contributed by atoms with Gasteiger partial charge in [-0.3, -0.25) is 4.79 Å². The van der Waals surface area contributed by atoms with Crippen LogP contribution in [-0.2, 0) is 34.2 Å². The van der Waals surface area contributed by atoms with Crippen molar-refractivity contribution in [3.63, 3.8) is 0 Å². The first kappa shape index (κ1) is 23.9. The van der Waals surface area contributed by atoms with E-state index in [0.29, 0.717) is 44.0 Å². The summed E-state index contributed by atoms with van der Waals surface area (Å²) in [6.07, 6.45) is 1.19. The summed E-state index contributed by atoms with van der Waals surface area (Å²) in [6, 6.07) is 11.0. The Morgan fingerprint density at radius 1 is 1.00 bits per heavy atom. The molecule has 0 radical (unpaired) electrons. The predicted molar refractivity (Wildman–Crippen MR) is 122 cm³/mol. The first-order chi connectivity index (χ1) is 15.4. The average molecular weight is 463 g/mol. The molecule has 0 saturated carbocycles. The number of methoxy groups -OCH3 is 3. The lowest BCUT2D eigenvalue weighted by Crippen LogP contribution is -2.38. The summed E-state index contributed by atoms with van der Waals surface area (Å²) >= 11 is 0. The van der Waals surface area contributed by atoms with Gasteiger partial charge in [0.25, 0.3) is 0 Å². The van der Waals surface area contributed by atoms with Gasteiger partial charge in [-0.25, -0.2) is 8.42 Å². The molecule has 0 aliphatic carbocycles. The van der Waals surface area contributed by atoms with Crippen LogP contribution >= 0.6 is 0 Å². The molecule has 0 unspecified atom stereocenters. The van der Waals surface area contributed by atoms with E-state index in [1.807, 2.05) is 18.2 Å². The smallest absolute Gasteiger partial charge is 0.224 e. The van der Waals surface area contributed by atoms with Crippen LogP contribution in [-0.4, -0.2) is 58.8 Å². The van der Waals surface area contributed by atoms with Gasteiger partial charge in [-0.05, 0) is 53.8 Å². The van der Waals surface area contributed by atoms with E-state index in [9.17, 15) is 13.2 Å². The lowest BCUT2D eigenvalue weighted by molar-refractivity contribution is -0.120. The Bertz CT molecular complexity index is 1050. The second-order valence-electron chi connectivity index (χ2n) is 7.60. The monoisotopic (exact) mass is 462 g/mol. The predicted octanol–water partition coefficient (Wildman–Crippen LogP) is 2.15. The Kier molecular flexibility index (Phi) is 7.98. The van der Waals surface area contributed by atoms with Crippen molar-refractivity contribution in [3.8, 4) is 17.2 Å². The van der Waals surface area contributed by atoms with E-state index in [1.54, 1.807) is 39.5 Å². The average Bonchev–Trinajstić information content (AvgIpc) is 2.81. The largest absolute Gasteiger partial charge is 0.497 e. The van der Waals surface area contributed by atoms with Gasteiger partial charge in [0, 0.05) is 19.6 Å². The molecule has 1 heterocycles. The second-order valence-corrected chi connectivity index (χ2v) is 9.69. The first-order valence-corrected chi connectivity index (χ1v) is 12.1. The Labute approximate surface area is 189 Å². The van der Waals surface area contributed by atoms with E-state index >= 15 is 0 Å². The highest BCUT2D eigenvalue weighted by Gasteiger charge is 2.26. The molecule has 2 aromatic carbocycles. The van der Waals surface area contributed by atoms with Crippen LogP contribution in [0.15, 0.2) is 36.4 Å². The maximum absolute atomic E-state index is 12.7. The third kappa shape index (κ3) is 5.92. The molecule has 9 heteroatoms. The second kappa shape index (κ2) is 10.7. The van der Waals surface area contributed by atoms with Crippen LogP contribution in [0.3, 0.4) is 0 Å². The minimum atomic E-state index is -3.39. The van der Waals surface area contributed by atoms with Crippen LogP contribution in [0.5, 0.6) is 17.2 Å². The minimum absolute atomic E-state index is 0.00483. The van der Waals surface area contributed by atoms with E-state index in [0.717, 1.165) is 22.4 Å². The van der Waals surface area contributed by atoms with Crippen LogP contribution in [0.4, 0.5) is 0 Å². The number of hydrogen-bond donors (Lipinski definition) is 1. The zero-order valence-corrected chi connectivity index (χ0v) is 19.5. The quantitative estimate of drug-likeness (QED) is 0.544. The highest BCUT2D eigenvalue weighted by molar-refractivity contribution is 7.89. The number of ether oxygens (including phenoxy) is 3. The maximum atomic E-state index is 12.7. The number of rotatable bonds is 10. The Hall–Kier alpha value is -2.78. The van der Waals surface area contributed by atoms with Crippen molar-refractivity contribution in [2.24, 2.45) is 0 Å². The molecule has 8 nitrogen and oxygen atoms in total. The zero-order valence-electron chi connectivity index (χ0n) is 18.7. The fourth-order valence-corrected chi connectivity index (χ4v) is 5.19. The topological polar surface area (TPSA) is 94.2 Å². The molecule has 174 valence electrons. The standard InChI is InChI=1S/C23H30N2O6S/c1-29-20-7-6-19-16-25(11-9-18(19)15-20)32(27,28)12-4-10-24-23(26)14-17-5-8-21(30-2)22(13-17)31-3/h5-8,13,15H,4,9-12,14,16H2,1-3H3,(H,24,26). The van der Waals surface area contributed by atoms with Gasteiger partial charge in [0.1, 0.15) is 5.75 Å². The van der Waals surface area contributed by atoms with Gasteiger partial charge in [0.2, 0.25) is 15.9 Å². The number of benzene rings is 2. The van der Waals surface area contributed by atoms with Gasteiger partial charge in [0.05, 0.1) is 33.5 Å². The SMILES string of the molecule is COc1ccc2c(c1)CCN(S(=O)(=O)CCCNC(=O)Cc1ccc(OC)c(OC)c1)C2. The van der Waals surface area contributed by atoms with Crippen molar-refractivity contribution in [1.82, 2.24) is 9.62 Å². The number of carbonyl (C=O) groups excluding carboxylic acids is 1. The molecule has 0 aromatic heterocycles. The van der Waals surface area contributed by atoms with E-state index < -0.39 is 10.0 Å². The third-order valence-electron chi connectivity index (χ3n) is 5.50. The van der Waals surface area contributed by atoms with Gasteiger partial charge in [-0.15, -0.1) is 0 Å². The molecular formula is C23H30N2O6S. The zero-order chi connectivity index (χ0) is 23.1. The number of carbonyl (C=O) groups is 1. The molecule has 32 heavy (non-hydrogen) atoms. The summed E-state index contributed by atoms with van der Waals surface area (Å²) in [7, 11) is 1.32. The van der Waals surface area contributed by atoms with Crippen molar-refractivity contribution in [3.05, 3.63) is 53.1 Å². The number of fused-ring (bicyclic) bond motifs is 1. The summed E-state index contributed by atoms with van der Waals surface area (Å²) in [5.41, 5.74) is 2.92. The van der Waals surface area contributed by atoms with Gasteiger partial charge < -0.3 is 19.5 Å².